The summed E-state index contributed by atoms with van der Waals surface area (Å²) >= 11 is 0. The number of hydrogen-bond donors (Lipinski definition) is 0. The molecule has 0 heterocycles. The summed E-state index contributed by atoms with van der Waals surface area (Å²) in [5.41, 5.74) is 10.6. The molecular formula is C43H49N3. The summed E-state index contributed by atoms with van der Waals surface area (Å²) in [6.45, 7) is 27.2. The molecule has 0 spiro atoms. The minimum atomic E-state index is -0.427. The van der Waals surface area contributed by atoms with Crippen LogP contribution in [0, 0.1) is 22.7 Å². The van der Waals surface area contributed by atoms with Crippen LogP contribution < -0.4 is 4.90 Å². The van der Waals surface area contributed by atoms with Crippen LogP contribution in [0.1, 0.15) is 128 Å². The zero-order chi connectivity index (χ0) is 34.0. The van der Waals surface area contributed by atoms with Gasteiger partial charge >= 0.3 is 0 Å². The van der Waals surface area contributed by atoms with Crippen LogP contribution in [0.2, 0.25) is 0 Å². The van der Waals surface area contributed by atoms with Gasteiger partial charge in [-0.2, -0.15) is 10.5 Å². The van der Waals surface area contributed by atoms with E-state index in [-0.39, 0.29) is 21.7 Å². The molecule has 0 atom stereocenters. The van der Waals surface area contributed by atoms with E-state index in [9.17, 15) is 10.5 Å². The fourth-order valence-electron chi connectivity index (χ4n) is 7.04. The molecule has 46 heavy (non-hydrogen) atoms. The molecule has 0 aliphatic heterocycles. The first kappa shape index (κ1) is 33.0. The highest BCUT2D eigenvalue weighted by atomic mass is 15.1. The van der Waals surface area contributed by atoms with E-state index >= 15 is 0 Å². The van der Waals surface area contributed by atoms with Gasteiger partial charge in [0.15, 0.2) is 0 Å². The predicted octanol–water partition coefficient (Wildman–Crippen LogP) is 11.4. The van der Waals surface area contributed by atoms with Crippen molar-refractivity contribution in [2.45, 2.75) is 110 Å². The molecule has 0 saturated heterocycles. The number of nitrogens with zero attached hydrogens (tertiary/aromatic N) is 3. The van der Waals surface area contributed by atoms with Crippen LogP contribution >= 0.6 is 0 Å². The summed E-state index contributed by atoms with van der Waals surface area (Å²) < 4.78 is 0. The van der Waals surface area contributed by atoms with E-state index < -0.39 is 5.41 Å². The molecule has 236 valence electrons. The maximum atomic E-state index is 10.0. The maximum Gasteiger partial charge on any atom is 0.101 e. The van der Waals surface area contributed by atoms with E-state index in [1.165, 1.54) is 22.3 Å². The second kappa shape index (κ2) is 10.9. The van der Waals surface area contributed by atoms with Gasteiger partial charge in [0.25, 0.3) is 0 Å². The monoisotopic (exact) mass is 607 g/mol. The van der Waals surface area contributed by atoms with Crippen LogP contribution in [-0.2, 0) is 27.1 Å². The topological polar surface area (TPSA) is 50.8 Å². The minimum Gasteiger partial charge on any atom is -0.310 e. The predicted molar refractivity (Wildman–Crippen MR) is 193 cm³/mol. The summed E-state index contributed by atoms with van der Waals surface area (Å²) in [5.74, 6) is 0. The van der Waals surface area contributed by atoms with Gasteiger partial charge in [-0.3, -0.25) is 0 Å². The van der Waals surface area contributed by atoms with E-state index in [1.54, 1.807) is 0 Å². The van der Waals surface area contributed by atoms with Crippen molar-refractivity contribution in [2.24, 2.45) is 0 Å². The summed E-state index contributed by atoms with van der Waals surface area (Å²) in [6, 6.07) is 33.4. The smallest absolute Gasteiger partial charge is 0.101 e. The molecule has 0 bridgehead atoms. The highest BCUT2D eigenvalue weighted by Crippen LogP contribution is 2.55. The van der Waals surface area contributed by atoms with Crippen LogP contribution in [0.15, 0.2) is 78.9 Å². The summed E-state index contributed by atoms with van der Waals surface area (Å²) in [7, 11) is 0. The summed E-state index contributed by atoms with van der Waals surface area (Å²) in [6.07, 6.45) is 0. The van der Waals surface area contributed by atoms with Gasteiger partial charge in [-0.05, 0) is 104 Å². The maximum absolute atomic E-state index is 10.0. The molecular weight excluding hydrogens is 558 g/mol. The van der Waals surface area contributed by atoms with Crippen molar-refractivity contribution in [1.29, 1.82) is 10.5 Å². The van der Waals surface area contributed by atoms with Crippen molar-refractivity contribution in [2.75, 3.05) is 4.90 Å². The molecule has 0 aromatic heterocycles. The second-order valence-corrected chi connectivity index (χ2v) is 16.7. The Morgan fingerprint density at radius 2 is 0.848 bits per heavy atom. The zero-order valence-corrected chi connectivity index (χ0v) is 29.8. The Bertz CT molecular complexity index is 1820. The normalized spacial score (nSPS) is 16.3. The van der Waals surface area contributed by atoms with Crippen molar-refractivity contribution in [3.05, 3.63) is 123 Å². The Hall–Kier alpha value is -4.34. The van der Waals surface area contributed by atoms with Gasteiger partial charge in [-0.15, -0.1) is 0 Å². The first-order chi connectivity index (χ1) is 21.2. The van der Waals surface area contributed by atoms with Crippen LogP contribution in [0.4, 0.5) is 17.1 Å². The Kier molecular flexibility index (Phi) is 7.82. The van der Waals surface area contributed by atoms with Gasteiger partial charge in [0.1, 0.15) is 12.1 Å². The quantitative estimate of drug-likeness (QED) is 0.233. The average Bonchev–Trinajstić information content (AvgIpc) is 3.02. The molecule has 0 unspecified atom stereocenters. The molecule has 4 aromatic rings. The van der Waals surface area contributed by atoms with Crippen LogP contribution in [0.25, 0.3) is 0 Å². The van der Waals surface area contributed by atoms with Crippen molar-refractivity contribution >= 4 is 17.1 Å². The number of nitriles is 2. The Balaban J connectivity index is 1.79. The van der Waals surface area contributed by atoms with Crippen LogP contribution in [0.3, 0.4) is 0 Å². The fraction of sp³-hybridized carbons (Fsp3) is 0.395. The van der Waals surface area contributed by atoms with Gasteiger partial charge in [0.05, 0.1) is 11.1 Å². The van der Waals surface area contributed by atoms with E-state index in [1.807, 2.05) is 12.1 Å². The standard InChI is InChI=1S/C43H49N3/c1-39(2,3)30-13-17-32(18-14-30)46(33-19-15-31(16-20-33)40(4,5)6)34-21-22-35-37(25-34)41(7,8)36-23-28(26-44)29(27-45)24-38(36)43(11,12)42(35,9)10/h13-25H,1-12H3. The Labute approximate surface area is 277 Å². The van der Waals surface area contributed by atoms with E-state index in [4.69, 9.17) is 0 Å². The molecule has 3 nitrogen and oxygen atoms in total. The number of benzene rings is 4. The SMILES string of the molecule is CC(C)(C)c1ccc(N(c2ccc(C(C)(C)C)cc2)c2ccc3c(c2)C(C)(C)c2cc(C#N)c(C#N)cc2C(C)(C)C3(C)C)cc1. The molecule has 0 N–H and O–H groups in total. The third-order valence-corrected chi connectivity index (χ3v) is 10.9. The lowest BCUT2D eigenvalue weighted by molar-refractivity contribution is 0.304. The molecule has 0 saturated carbocycles. The second-order valence-electron chi connectivity index (χ2n) is 16.7. The number of hydrogen-bond acceptors (Lipinski definition) is 3. The lowest BCUT2D eigenvalue weighted by Crippen LogP contribution is -2.40. The first-order valence-electron chi connectivity index (χ1n) is 16.4. The van der Waals surface area contributed by atoms with E-state index in [2.05, 4.69) is 167 Å². The molecule has 0 radical (unpaired) electrons. The molecule has 1 aliphatic rings. The molecule has 0 amide bonds. The number of fused-ring (bicyclic) bond motifs is 2. The zero-order valence-electron chi connectivity index (χ0n) is 29.8. The first-order valence-corrected chi connectivity index (χ1v) is 16.4. The highest BCUT2D eigenvalue weighted by Gasteiger charge is 2.49. The Morgan fingerprint density at radius 3 is 1.26 bits per heavy atom. The molecule has 5 rings (SSSR count). The van der Waals surface area contributed by atoms with Crippen LogP contribution in [0.5, 0.6) is 0 Å². The third kappa shape index (κ3) is 5.31. The van der Waals surface area contributed by atoms with E-state index in [0.29, 0.717) is 11.1 Å². The third-order valence-electron chi connectivity index (χ3n) is 10.9. The average molecular weight is 608 g/mol. The van der Waals surface area contributed by atoms with Gasteiger partial charge in [-0.1, -0.05) is 113 Å². The van der Waals surface area contributed by atoms with Gasteiger partial charge in [0.2, 0.25) is 0 Å². The molecule has 4 aromatic carbocycles. The van der Waals surface area contributed by atoms with Gasteiger partial charge in [-0.25, -0.2) is 0 Å². The van der Waals surface area contributed by atoms with Crippen molar-refractivity contribution < 1.29 is 0 Å². The lowest BCUT2D eigenvalue weighted by Gasteiger charge is -2.43. The van der Waals surface area contributed by atoms with Crippen molar-refractivity contribution in [1.82, 2.24) is 0 Å². The fourth-order valence-corrected chi connectivity index (χ4v) is 7.04. The summed E-state index contributed by atoms with van der Waals surface area (Å²) in [5, 5.41) is 20.0. The molecule has 3 heteroatoms. The van der Waals surface area contributed by atoms with Crippen LogP contribution in [-0.4, -0.2) is 0 Å². The molecule has 1 aliphatic carbocycles. The van der Waals surface area contributed by atoms with Crippen molar-refractivity contribution in [3.8, 4) is 12.1 Å². The van der Waals surface area contributed by atoms with Crippen molar-refractivity contribution in [3.63, 3.8) is 0 Å². The summed E-state index contributed by atoms with van der Waals surface area (Å²) in [4.78, 5) is 2.36. The largest absolute Gasteiger partial charge is 0.310 e. The van der Waals surface area contributed by atoms with Gasteiger partial charge in [0, 0.05) is 22.5 Å². The Morgan fingerprint density at radius 1 is 0.478 bits per heavy atom. The number of rotatable bonds is 3. The van der Waals surface area contributed by atoms with E-state index in [0.717, 1.165) is 28.2 Å². The van der Waals surface area contributed by atoms with Gasteiger partial charge < -0.3 is 4.90 Å². The highest BCUT2D eigenvalue weighted by molar-refractivity contribution is 5.78. The molecule has 0 fully saturated rings. The minimum absolute atomic E-state index is 0.0608. The number of anilines is 3. The lowest BCUT2D eigenvalue weighted by atomic mass is 9.61.